The molecule has 0 atom stereocenters. The smallest absolute Gasteiger partial charge is 0.396 e. The molecule has 0 spiro atoms. The van der Waals surface area contributed by atoms with Gasteiger partial charge in [0.2, 0.25) is 0 Å². The summed E-state index contributed by atoms with van der Waals surface area (Å²) in [4.78, 5) is 21.5. The molecule has 0 fully saturated rings. The molecule has 0 aliphatic carbocycles. The van der Waals surface area contributed by atoms with Gasteiger partial charge in [0.05, 0.1) is 10.3 Å². The van der Waals surface area contributed by atoms with Crippen molar-refractivity contribution >= 4 is 27.4 Å². The van der Waals surface area contributed by atoms with Crippen LogP contribution in [0.3, 0.4) is 0 Å². The highest BCUT2D eigenvalue weighted by Gasteiger charge is 2.11. The molecule has 1 aromatic heterocycles. The van der Waals surface area contributed by atoms with E-state index in [1.807, 2.05) is 0 Å². The summed E-state index contributed by atoms with van der Waals surface area (Å²) in [6.45, 7) is 1.35. The lowest BCUT2D eigenvalue weighted by molar-refractivity contribution is 0.101. The summed E-state index contributed by atoms with van der Waals surface area (Å²) >= 11 is 0.907. The molecule has 1 heterocycles. The second kappa shape index (κ2) is 2.95. The van der Waals surface area contributed by atoms with Crippen molar-refractivity contribution in [1.29, 1.82) is 0 Å². The minimum Gasteiger partial charge on any atom is -0.507 e. The predicted octanol–water partition coefficient (Wildman–Crippen LogP) is 1.76. The summed E-state index contributed by atoms with van der Waals surface area (Å²) in [6, 6.07) is 2.74. The number of fused-ring (bicyclic) bond motifs is 1. The largest absolute Gasteiger partial charge is 0.507 e. The van der Waals surface area contributed by atoms with Gasteiger partial charge >= 0.3 is 4.94 Å². The summed E-state index contributed by atoms with van der Waals surface area (Å²) in [6.07, 6.45) is 0. The molecule has 0 unspecified atom stereocenters. The molecule has 0 aliphatic heterocycles. The molecular formula is C9H6O4S. The Morgan fingerprint density at radius 3 is 2.86 bits per heavy atom. The number of carbonyl (C=O) groups is 1. The van der Waals surface area contributed by atoms with Crippen molar-refractivity contribution in [3.05, 3.63) is 27.4 Å². The molecule has 72 valence electrons. The van der Waals surface area contributed by atoms with E-state index in [0.717, 1.165) is 11.3 Å². The van der Waals surface area contributed by atoms with Crippen LogP contribution >= 0.6 is 11.3 Å². The molecule has 2 aromatic rings. The van der Waals surface area contributed by atoms with E-state index in [4.69, 9.17) is 4.42 Å². The first-order chi connectivity index (χ1) is 6.58. The van der Waals surface area contributed by atoms with E-state index in [1.165, 1.54) is 19.1 Å². The number of Topliss-reactive ketones (excluding diaryl/α,β-unsaturated/α-hetero) is 1. The van der Waals surface area contributed by atoms with E-state index in [-0.39, 0.29) is 17.1 Å². The zero-order valence-corrected chi connectivity index (χ0v) is 8.05. The summed E-state index contributed by atoms with van der Waals surface area (Å²) in [5.41, 5.74) is 0.511. The molecule has 1 N–H and O–H groups in total. The Kier molecular flexibility index (Phi) is 1.89. The fraction of sp³-hybridized carbons (Fsp3) is 0.111. The number of benzene rings is 1. The van der Waals surface area contributed by atoms with Crippen molar-refractivity contribution in [2.24, 2.45) is 0 Å². The maximum Gasteiger partial charge on any atom is 0.396 e. The molecule has 0 aliphatic rings. The van der Waals surface area contributed by atoms with Gasteiger partial charge in [-0.05, 0) is 13.0 Å². The minimum atomic E-state index is -0.444. The number of phenolic OH excluding ortho intramolecular Hbond substituents is 1. The van der Waals surface area contributed by atoms with Crippen molar-refractivity contribution in [2.75, 3.05) is 0 Å². The van der Waals surface area contributed by atoms with Crippen molar-refractivity contribution in [3.63, 3.8) is 0 Å². The fourth-order valence-corrected chi connectivity index (χ4v) is 1.88. The standard InChI is InChI=1S/C9H6O4S/c1-4(10)5-2-8-7(3-6(5)11)13-9(12)14-8/h2-3,11H,1H3. The van der Waals surface area contributed by atoms with E-state index in [1.54, 1.807) is 0 Å². The Bertz CT molecular complexity index is 564. The van der Waals surface area contributed by atoms with E-state index in [0.29, 0.717) is 10.3 Å². The highest BCUT2D eigenvalue weighted by molar-refractivity contribution is 7.16. The van der Waals surface area contributed by atoms with Crippen LogP contribution in [0.1, 0.15) is 17.3 Å². The highest BCUT2D eigenvalue weighted by atomic mass is 32.1. The monoisotopic (exact) mass is 210 g/mol. The third kappa shape index (κ3) is 1.31. The normalized spacial score (nSPS) is 10.6. The number of aromatic hydroxyl groups is 1. The zero-order chi connectivity index (χ0) is 10.3. The molecule has 0 amide bonds. The number of carbonyl (C=O) groups excluding carboxylic acids is 1. The van der Waals surface area contributed by atoms with Gasteiger partial charge in [-0.25, -0.2) is 4.79 Å². The Morgan fingerprint density at radius 2 is 2.21 bits per heavy atom. The minimum absolute atomic E-state index is 0.161. The quantitative estimate of drug-likeness (QED) is 0.728. The Labute approximate surface area is 82.4 Å². The molecule has 1 aromatic carbocycles. The van der Waals surface area contributed by atoms with Crippen LogP contribution in [0.15, 0.2) is 21.3 Å². The van der Waals surface area contributed by atoms with Crippen LogP contribution in [0, 0.1) is 0 Å². The number of hydrogen-bond acceptors (Lipinski definition) is 5. The summed E-state index contributed by atoms with van der Waals surface area (Å²) in [5.74, 6) is -0.406. The first-order valence-corrected chi connectivity index (χ1v) is 4.67. The van der Waals surface area contributed by atoms with Gasteiger partial charge in [0, 0.05) is 6.07 Å². The first-order valence-electron chi connectivity index (χ1n) is 3.85. The van der Waals surface area contributed by atoms with Gasteiger partial charge in [0.15, 0.2) is 11.4 Å². The lowest BCUT2D eigenvalue weighted by atomic mass is 10.1. The lowest BCUT2D eigenvalue weighted by Crippen LogP contribution is -1.91. The topological polar surface area (TPSA) is 67.5 Å². The molecule has 0 bridgehead atoms. The molecule has 5 heteroatoms. The van der Waals surface area contributed by atoms with Crippen LogP contribution in [0.25, 0.3) is 10.3 Å². The van der Waals surface area contributed by atoms with Gasteiger partial charge < -0.3 is 9.52 Å². The molecule has 4 nitrogen and oxygen atoms in total. The van der Waals surface area contributed by atoms with Crippen LogP contribution in [0.4, 0.5) is 0 Å². The van der Waals surface area contributed by atoms with Crippen LogP contribution in [-0.2, 0) is 0 Å². The van der Waals surface area contributed by atoms with Crippen molar-refractivity contribution < 1.29 is 14.3 Å². The number of hydrogen-bond donors (Lipinski definition) is 1. The predicted molar refractivity (Wildman–Crippen MR) is 52.0 cm³/mol. The first kappa shape index (κ1) is 8.96. The van der Waals surface area contributed by atoms with Crippen LogP contribution in [0.2, 0.25) is 0 Å². The maximum atomic E-state index is 11.1. The third-order valence-corrected chi connectivity index (χ3v) is 2.62. The van der Waals surface area contributed by atoms with Crippen LogP contribution in [-0.4, -0.2) is 10.9 Å². The number of phenols is 1. The Hall–Kier alpha value is -1.62. The van der Waals surface area contributed by atoms with Gasteiger partial charge in [0.25, 0.3) is 0 Å². The van der Waals surface area contributed by atoms with Crippen molar-refractivity contribution in [3.8, 4) is 5.75 Å². The molecular weight excluding hydrogens is 204 g/mol. The lowest BCUT2D eigenvalue weighted by Gasteiger charge is -1.98. The van der Waals surface area contributed by atoms with E-state index < -0.39 is 4.94 Å². The average Bonchev–Trinajstić information content (AvgIpc) is 2.42. The molecule has 2 rings (SSSR count). The highest BCUT2D eigenvalue weighted by Crippen LogP contribution is 2.26. The Morgan fingerprint density at radius 1 is 1.50 bits per heavy atom. The van der Waals surface area contributed by atoms with Crippen molar-refractivity contribution in [2.45, 2.75) is 6.92 Å². The van der Waals surface area contributed by atoms with Crippen LogP contribution < -0.4 is 4.94 Å². The van der Waals surface area contributed by atoms with Gasteiger partial charge in [-0.1, -0.05) is 11.3 Å². The number of ketones is 1. The average molecular weight is 210 g/mol. The van der Waals surface area contributed by atoms with Gasteiger partial charge in [0.1, 0.15) is 5.75 Å². The number of rotatable bonds is 1. The van der Waals surface area contributed by atoms with Gasteiger partial charge in [-0.3, -0.25) is 4.79 Å². The molecule has 0 radical (unpaired) electrons. The summed E-state index contributed by atoms with van der Waals surface area (Å²) in [5, 5.41) is 9.41. The molecule has 0 saturated carbocycles. The van der Waals surface area contributed by atoms with Gasteiger partial charge in [-0.15, -0.1) is 0 Å². The van der Waals surface area contributed by atoms with Crippen LogP contribution in [0.5, 0.6) is 5.75 Å². The van der Waals surface area contributed by atoms with E-state index >= 15 is 0 Å². The van der Waals surface area contributed by atoms with Crippen molar-refractivity contribution in [1.82, 2.24) is 0 Å². The second-order valence-electron chi connectivity index (χ2n) is 2.83. The second-order valence-corrected chi connectivity index (χ2v) is 3.80. The zero-order valence-electron chi connectivity index (χ0n) is 7.23. The molecule has 14 heavy (non-hydrogen) atoms. The van der Waals surface area contributed by atoms with E-state index in [9.17, 15) is 14.7 Å². The fourth-order valence-electron chi connectivity index (χ4n) is 1.19. The third-order valence-electron chi connectivity index (χ3n) is 1.83. The van der Waals surface area contributed by atoms with Gasteiger partial charge in [-0.2, -0.15) is 0 Å². The maximum absolute atomic E-state index is 11.1. The van der Waals surface area contributed by atoms with E-state index in [2.05, 4.69) is 0 Å². The molecule has 0 saturated heterocycles. The SMILES string of the molecule is CC(=O)c1cc2sc(=O)oc2cc1O. The Balaban J connectivity index is 2.82. The summed E-state index contributed by atoms with van der Waals surface area (Å²) < 4.78 is 5.34. The summed E-state index contributed by atoms with van der Waals surface area (Å²) in [7, 11) is 0.